The molecule has 1 aromatic heterocycles. The largest absolute Gasteiger partial charge is 0.481 e. The normalized spacial score (nSPS) is 15.6. The zero-order valence-corrected chi connectivity index (χ0v) is 11.7. The number of thioether (sulfide) groups is 1. The maximum absolute atomic E-state index is 10.7. The topological polar surface area (TPSA) is 55.1 Å². The molecular formula is C13H13ClN2O2S. The summed E-state index contributed by atoms with van der Waals surface area (Å²) < 4.78 is 2.15. The summed E-state index contributed by atoms with van der Waals surface area (Å²) in [5.41, 5.74) is 1.88. The maximum atomic E-state index is 10.7. The summed E-state index contributed by atoms with van der Waals surface area (Å²) in [7, 11) is 0. The fourth-order valence-corrected chi connectivity index (χ4v) is 3.24. The van der Waals surface area contributed by atoms with E-state index in [1.807, 2.05) is 18.2 Å². The van der Waals surface area contributed by atoms with E-state index in [2.05, 4.69) is 9.55 Å². The minimum Gasteiger partial charge on any atom is -0.481 e. The third-order valence-electron chi connectivity index (χ3n) is 3.38. The summed E-state index contributed by atoms with van der Waals surface area (Å²) in [5.74, 6) is -0.792. The number of carboxylic acids is 1. The molecule has 0 bridgehead atoms. The fraction of sp³-hybridized carbons (Fsp3) is 0.385. The molecule has 0 unspecified atom stereocenters. The van der Waals surface area contributed by atoms with Crippen LogP contribution >= 0.6 is 23.4 Å². The number of hydrogen-bond acceptors (Lipinski definition) is 3. The van der Waals surface area contributed by atoms with Crippen molar-refractivity contribution < 1.29 is 9.90 Å². The molecule has 19 heavy (non-hydrogen) atoms. The van der Waals surface area contributed by atoms with Crippen molar-refractivity contribution in [3.05, 3.63) is 23.2 Å². The number of halogens is 1. The highest BCUT2D eigenvalue weighted by molar-refractivity contribution is 7.99. The maximum Gasteiger partial charge on any atom is 0.313 e. The van der Waals surface area contributed by atoms with E-state index in [0.29, 0.717) is 11.1 Å². The Kier molecular flexibility index (Phi) is 3.41. The molecule has 4 nitrogen and oxygen atoms in total. The number of nitrogens with zero attached hydrogens (tertiary/aromatic N) is 2. The Balaban J connectivity index is 2.05. The standard InChI is InChI=1S/C13H13ClN2O2S/c14-8-4-5-10-11(6-8)16(9-2-1-3-9)13(15-10)19-7-12(17)18/h4-6,9H,1-3,7H2,(H,17,18). The molecule has 1 heterocycles. The second-order valence-electron chi connectivity index (χ2n) is 4.66. The number of hydrogen-bond donors (Lipinski definition) is 1. The summed E-state index contributed by atoms with van der Waals surface area (Å²) in [6.07, 6.45) is 3.46. The molecule has 3 rings (SSSR count). The summed E-state index contributed by atoms with van der Waals surface area (Å²) in [5, 5.41) is 10.3. The van der Waals surface area contributed by atoms with E-state index >= 15 is 0 Å². The van der Waals surface area contributed by atoms with Crippen LogP contribution in [0.25, 0.3) is 11.0 Å². The SMILES string of the molecule is O=C(O)CSc1nc2ccc(Cl)cc2n1C1CCC1. The van der Waals surface area contributed by atoms with Gasteiger partial charge in [0.05, 0.1) is 16.8 Å². The van der Waals surface area contributed by atoms with Crippen LogP contribution in [0, 0.1) is 0 Å². The molecule has 1 aliphatic carbocycles. The lowest BCUT2D eigenvalue weighted by Crippen LogP contribution is -2.18. The van der Waals surface area contributed by atoms with E-state index in [4.69, 9.17) is 16.7 Å². The van der Waals surface area contributed by atoms with Gasteiger partial charge in [-0.05, 0) is 37.5 Å². The molecule has 0 atom stereocenters. The van der Waals surface area contributed by atoms with Crippen LogP contribution in [0.5, 0.6) is 0 Å². The number of fused-ring (bicyclic) bond motifs is 1. The van der Waals surface area contributed by atoms with E-state index in [1.165, 1.54) is 18.2 Å². The van der Waals surface area contributed by atoms with Crippen LogP contribution in [-0.4, -0.2) is 26.4 Å². The molecule has 0 spiro atoms. The molecule has 100 valence electrons. The highest BCUT2D eigenvalue weighted by atomic mass is 35.5. The van der Waals surface area contributed by atoms with Crippen LogP contribution in [-0.2, 0) is 4.79 Å². The van der Waals surface area contributed by atoms with Crippen molar-refractivity contribution in [1.82, 2.24) is 9.55 Å². The Bertz CT molecular complexity index is 637. The van der Waals surface area contributed by atoms with Crippen LogP contribution in [0.2, 0.25) is 5.02 Å². The lowest BCUT2D eigenvalue weighted by atomic mass is 9.93. The predicted molar refractivity (Wildman–Crippen MR) is 76.0 cm³/mol. The first kappa shape index (κ1) is 12.8. The van der Waals surface area contributed by atoms with E-state index in [0.717, 1.165) is 29.0 Å². The van der Waals surface area contributed by atoms with Gasteiger partial charge in [0.25, 0.3) is 0 Å². The van der Waals surface area contributed by atoms with Gasteiger partial charge in [0, 0.05) is 11.1 Å². The monoisotopic (exact) mass is 296 g/mol. The third kappa shape index (κ3) is 2.44. The quantitative estimate of drug-likeness (QED) is 0.876. The van der Waals surface area contributed by atoms with Crippen molar-refractivity contribution in [1.29, 1.82) is 0 Å². The summed E-state index contributed by atoms with van der Waals surface area (Å²) in [6, 6.07) is 6.04. The van der Waals surface area contributed by atoms with Crippen molar-refractivity contribution in [2.45, 2.75) is 30.5 Å². The van der Waals surface area contributed by atoms with Crippen molar-refractivity contribution in [3.8, 4) is 0 Å². The Morgan fingerprint density at radius 1 is 1.53 bits per heavy atom. The number of rotatable bonds is 4. The zero-order chi connectivity index (χ0) is 13.4. The van der Waals surface area contributed by atoms with Crippen LogP contribution < -0.4 is 0 Å². The van der Waals surface area contributed by atoms with Crippen LogP contribution in [0.3, 0.4) is 0 Å². The second kappa shape index (κ2) is 5.06. The van der Waals surface area contributed by atoms with Gasteiger partial charge in [0.2, 0.25) is 0 Å². The van der Waals surface area contributed by atoms with Gasteiger partial charge in [0.15, 0.2) is 5.16 Å². The molecule has 1 saturated carbocycles. The fourth-order valence-electron chi connectivity index (χ4n) is 2.27. The van der Waals surface area contributed by atoms with E-state index in [-0.39, 0.29) is 5.75 Å². The summed E-state index contributed by atoms with van der Waals surface area (Å²) in [4.78, 5) is 15.3. The van der Waals surface area contributed by atoms with Gasteiger partial charge in [-0.1, -0.05) is 23.4 Å². The molecule has 0 amide bonds. The first-order valence-corrected chi connectivity index (χ1v) is 7.53. The average molecular weight is 297 g/mol. The van der Waals surface area contributed by atoms with Gasteiger partial charge < -0.3 is 9.67 Å². The molecular weight excluding hydrogens is 284 g/mol. The molecule has 0 aliphatic heterocycles. The predicted octanol–water partition coefficient (Wildman–Crippen LogP) is 3.59. The molecule has 1 N–H and O–H groups in total. The van der Waals surface area contributed by atoms with Crippen LogP contribution in [0.1, 0.15) is 25.3 Å². The van der Waals surface area contributed by atoms with Gasteiger partial charge >= 0.3 is 5.97 Å². The number of aromatic nitrogens is 2. The zero-order valence-electron chi connectivity index (χ0n) is 10.2. The molecule has 0 saturated heterocycles. The van der Waals surface area contributed by atoms with E-state index in [1.54, 1.807) is 0 Å². The lowest BCUT2D eigenvalue weighted by molar-refractivity contribution is -0.133. The Morgan fingerprint density at radius 3 is 2.95 bits per heavy atom. The molecule has 1 aromatic carbocycles. The minimum atomic E-state index is -0.824. The lowest BCUT2D eigenvalue weighted by Gasteiger charge is -2.28. The van der Waals surface area contributed by atoms with Crippen molar-refractivity contribution in [3.63, 3.8) is 0 Å². The number of carbonyl (C=O) groups is 1. The number of benzene rings is 1. The first-order valence-electron chi connectivity index (χ1n) is 6.17. The highest BCUT2D eigenvalue weighted by Gasteiger charge is 2.25. The number of aliphatic carboxylic acids is 1. The Labute approximate surface area is 119 Å². The van der Waals surface area contributed by atoms with Gasteiger partial charge in [-0.2, -0.15) is 0 Å². The van der Waals surface area contributed by atoms with Crippen LogP contribution in [0.15, 0.2) is 23.4 Å². The van der Waals surface area contributed by atoms with Crippen molar-refractivity contribution in [2.24, 2.45) is 0 Å². The van der Waals surface area contributed by atoms with Gasteiger partial charge in [0.1, 0.15) is 0 Å². The van der Waals surface area contributed by atoms with Crippen LogP contribution in [0.4, 0.5) is 0 Å². The first-order chi connectivity index (χ1) is 9.15. The minimum absolute atomic E-state index is 0.0315. The molecule has 1 aliphatic rings. The van der Waals surface area contributed by atoms with Gasteiger partial charge in [-0.15, -0.1) is 0 Å². The molecule has 0 radical (unpaired) electrons. The second-order valence-corrected chi connectivity index (χ2v) is 6.04. The van der Waals surface area contributed by atoms with E-state index in [9.17, 15) is 4.79 Å². The molecule has 2 aromatic rings. The summed E-state index contributed by atoms with van der Waals surface area (Å²) in [6.45, 7) is 0. The molecule has 1 fully saturated rings. The third-order valence-corrected chi connectivity index (χ3v) is 4.56. The van der Waals surface area contributed by atoms with Gasteiger partial charge in [-0.25, -0.2) is 4.98 Å². The van der Waals surface area contributed by atoms with E-state index < -0.39 is 5.97 Å². The Hall–Kier alpha value is -1.20. The van der Waals surface area contributed by atoms with Gasteiger partial charge in [-0.3, -0.25) is 4.79 Å². The number of carboxylic acid groups (broad SMARTS) is 1. The van der Waals surface area contributed by atoms with Crippen molar-refractivity contribution in [2.75, 3.05) is 5.75 Å². The highest BCUT2D eigenvalue weighted by Crippen LogP contribution is 2.38. The van der Waals surface area contributed by atoms with Crippen molar-refractivity contribution >= 4 is 40.4 Å². The summed E-state index contributed by atoms with van der Waals surface area (Å²) >= 11 is 7.32. The smallest absolute Gasteiger partial charge is 0.313 e. The molecule has 6 heteroatoms. The Morgan fingerprint density at radius 2 is 2.32 bits per heavy atom. The number of imidazole rings is 1. The average Bonchev–Trinajstić information content (AvgIpc) is 2.63.